The van der Waals surface area contributed by atoms with Gasteiger partial charge in [-0.2, -0.15) is 0 Å². The van der Waals surface area contributed by atoms with Crippen molar-refractivity contribution in [3.8, 4) is 5.69 Å². The van der Waals surface area contributed by atoms with Gasteiger partial charge in [0.25, 0.3) is 0 Å². The topological polar surface area (TPSA) is 51.5 Å². The lowest BCUT2D eigenvalue weighted by Gasteiger charge is -2.27. The Bertz CT molecular complexity index is 3130. The molecule has 2 aromatic heterocycles. The van der Waals surface area contributed by atoms with Crippen molar-refractivity contribution in [2.45, 2.75) is 90.5 Å². The van der Waals surface area contributed by atoms with Gasteiger partial charge in [-0.15, -0.1) is 6.58 Å². The third-order valence-electron chi connectivity index (χ3n) is 14.7. The molecule has 0 saturated carbocycles. The summed E-state index contributed by atoms with van der Waals surface area (Å²) in [6.07, 6.45) is 34.8. The van der Waals surface area contributed by atoms with E-state index in [4.69, 9.17) is 10.7 Å². The lowest BCUT2D eigenvalue weighted by atomic mass is 9.79. The Morgan fingerprint density at radius 3 is 2.28 bits per heavy atom. The summed E-state index contributed by atoms with van der Waals surface area (Å²) in [6, 6.07) is 35.2. The van der Waals surface area contributed by atoms with E-state index in [1.54, 1.807) is 6.08 Å². The van der Waals surface area contributed by atoms with Crippen LogP contribution in [0.5, 0.6) is 0 Å². The van der Waals surface area contributed by atoms with E-state index in [0.717, 1.165) is 80.3 Å². The number of nitrogens with two attached hydrogens (primary N) is 1. The second-order valence-corrected chi connectivity index (χ2v) is 19.5. The molecule has 2 N–H and O–H groups in total. The average molecular weight is 936 g/mol. The summed E-state index contributed by atoms with van der Waals surface area (Å²) in [6.45, 7) is 30.1. The second-order valence-electron chi connectivity index (χ2n) is 19.5. The molecule has 4 atom stereocenters. The van der Waals surface area contributed by atoms with Crippen LogP contribution in [0.15, 0.2) is 225 Å². The van der Waals surface area contributed by atoms with Crippen molar-refractivity contribution in [3.63, 3.8) is 0 Å². The van der Waals surface area contributed by atoms with Crippen molar-refractivity contribution in [1.29, 1.82) is 0 Å². The molecule has 71 heavy (non-hydrogen) atoms. The molecule has 6 aromatic rings. The molecule has 0 aliphatic heterocycles. The Labute approximate surface area is 423 Å². The predicted molar refractivity (Wildman–Crippen MR) is 308 cm³/mol. The van der Waals surface area contributed by atoms with Crippen LogP contribution >= 0.6 is 0 Å². The van der Waals surface area contributed by atoms with Crippen LogP contribution in [0.4, 0.5) is 0 Å². The summed E-state index contributed by atoms with van der Waals surface area (Å²) in [4.78, 5) is 7.04. The standard InChI is InChI=1S/C66H73N5/c1-9-13-31-52(44-51-40-42-64-59(45-51)56-34-22-25-38-62(56)71(64)55-32-19-16-20-33-55)47(5)29-17-14-15-18-30-49(7)69(48(6)12-4)50(8)68-61-37-24-21-36-58(61)66(67)53-41-43-65-60(46-53)57-35-23-26-39-63(57)70(65)54(27-10-2)28-11-3/h9-10,12-13,16,19-26,31-43,46-47,51-52,54H,1-2,4,6-8,11,14-15,17-18,27-30,44-45,67H2,3,5H3/b31-13-,66-58-,68-61-/t47?,51-,52+,54-/m1/s1. The molecule has 0 spiro atoms. The zero-order valence-corrected chi connectivity index (χ0v) is 42.3. The minimum absolute atomic E-state index is 0.334. The molecule has 0 saturated heterocycles. The van der Waals surface area contributed by atoms with Gasteiger partial charge in [-0.25, -0.2) is 4.99 Å². The fourth-order valence-corrected chi connectivity index (χ4v) is 11.1. The molecule has 2 aliphatic carbocycles. The number of fused-ring (bicyclic) bond motifs is 6. The number of rotatable bonds is 24. The van der Waals surface area contributed by atoms with Crippen LogP contribution in [-0.4, -0.2) is 19.7 Å². The Balaban J connectivity index is 0.889. The number of hydrogen-bond donors (Lipinski definition) is 1. The number of para-hydroxylation sites is 3. The van der Waals surface area contributed by atoms with Crippen molar-refractivity contribution >= 4 is 50.2 Å². The summed E-state index contributed by atoms with van der Waals surface area (Å²) >= 11 is 0. The fourth-order valence-electron chi connectivity index (χ4n) is 11.1. The third kappa shape index (κ3) is 11.0. The van der Waals surface area contributed by atoms with E-state index >= 15 is 0 Å². The van der Waals surface area contributed by atoms with Gasteiger partial charge in [-0.05, 0) is 122 Å². The smallest absolute Gasteiger partial charge is 0.130 e. The molecule has 0 bridgehead atoms. The molecule has 8 rings (SSSR count). The summed E-state index contributed by atoms with van der Waals surface area (Å²) in [5, 5.41) is 3.77. The molecule has 2 aliphatic rings. The van der Waals surface area contributed by atoms with Gasteiger partial charge in [0.1, 0.15) is 5.82 Å². The minimum Gasteiger partial charge on any atom is -0.398 e. The summed E-state index contributed by atoms with van der Waals surface area (Å²) in [5.74, 6) is 2.04. The van der Waals surface area contributed by atoms with Crippen LogP contribution in [0.3, 0.4) is 0 Å². The highest BCUT2D eigenvalue weighted by atomic mass is 15.2. The lowest BCUT2D eigenvalue weighted by molar-refractivity contribution is 0.333. The summed E-state index contributed by atoms with van der Waals surface area (Å²) in [7, 11) is 0. The van der Waals surface area contributed by atoms with E-state index in [2.05, 4.69) is 184 Å². The maximum atomic E-state index is 7.10. The molecule has 0 fully saturated rings. The highest BCUT2D eigenvalue weighted by molar-refractivity contribution is 6.17. The van der Waals surface area contributed by atoms with Crippen LogP contribution in [0.25, 0.3) is 50.2 Å². The molecule has 0 radical (unpaired) electrons. The van der Waals surface area contributed by atoms with E-state index in [-0.39, 0.29) is 0 Å². The largest absolute Gasteiger partial charge is 0.398 e. The SMILES string of the molecule is C=C/C=C\[C@@H](C[C@H]1C=Cc2c(c3ccccc3n2-c2ccccc2)C1)C(C)CCCCCCC(=C)N(C(=C)C=C)C(=C)/N=C1/C=CC=C/C1=C(/N)c1ccc2c(c1)c1ccccc1n2[C@H](CC=C)CCC. The fraction of sp³-hybridized carbons (Fsp3) is 0.258. The first-order chi connectivity index (χ1) is 34.7. The van der Waals surface area contributed by atoms with Gasteiger partial charge in [-0.1, -0.05) is 188 Å². The third-order valence-corrected chi connectivity index (χ3v) is 14.7. The molecule has 4 aromatic carbocycles. The van der Waals surface area contributed by atoms with Gasteiger partial charge in [0.15, 0.2) is 0 Å². The predicted octanol–water partition coefficient (Wildman–Crippen LogP) is 17.5. The number of benzene rings is 4. The molecule has 1 unspecified atom stereocenters. The zero-order chi connectivity index (χ0) is 49.9. The average Bonchev–Trinajstić information content (AvgIpc) is 3.90. The molecule has 5 heteroatoms. The number of hydrogen-bond acceptors (Lipinski definition) is 3. The Morgan fingerprint density at radius 1 is 0.803 bits per heavy atom. The van der Waals surface area contributed by atoms with Crippen LogP contribution < -0.4 is 5.73 Å². The zero-order valence-electron chi connectivity index (χ0n) is 42.3. The highest BCUT2D eigenvalue weighted by Gasteiger charge is 2.26. The minimum atomic E-state index is 0.334. The molecule has 0 amide bonds. The van der Waals surface area contributed by atoms with Crippen LogP contribution in [-0.2, 0) is 6.42 Å². The van der Waals surface area contributed by atoms with Crippen molar-refractivity contribution in [1.82, 2.24) is 14.0 Å². The van der Waals surface area contributed by atoms with Crippen LogP contribution in [0.1, 0.15) is 101 Å². The van der Waals surface area contributed by atoms with E-state index in [9.17, 15) is 0 Å². The lowest BCUT2D eigenvalue weighted by Crippen LogP contribution is -2.20. The number of aromatic nitrogens is 2. The molecule has 362 valence electrons. The van der Waals surface area contributed by atoms with Crippen LogP contribution in [0, 0.1) is 17.8 Å². The van der Waals surface area contributed by atoms with Crippen LogP contribution in [0.2, 0.25) is 0 Å². The summed E-state index contributed by atoms with van der Waals surface area (Å²) in [5.41, 5.74) is 19.6. The molecular formula is C66H73N5. The van der Waals surface area contributed by atoms with Gasteiger partial charge < -0.3 is 19.8 Å². The van der Waals surface area contributed by atoms with E-state index in [1.165, 1.54) is 62.5 Å². The van der Waals surface area contributed by atoms with Gasteiger partial charge in [0, 0.05) is 67.3 Å². The number of aliphatic imine (C=N–C) groups is 1. The van der Waals surface area contributed by atoms with E-state index < -0.39 is 0 Å². The first kappa shape index (κ1) is 50.0. The maximum absolute atomic E-state index is 7.10. The van der Waals surface area contributed by atoms with Crippen molar-refractivity contribution in [2.75, 3.05) is 0 Å². The first-order valence-electron chi connectivity index (χ1n) is 25.9. The van der Waals surface area contributed by atoms with Gasteiger partial charge in [-0.3, -0.25) is 0 Å². The van der Waals surface area contributed by atoms with E-state index in [1.807, 2.05) is 41.4 Å². The molecule has 2 heterocycles. The number of unbranched alkanes of at least 4 members (excludes halogenated alkanes) is 3. The molecule has 5 nitrogen and oxygen atoms in total. The Kier molecular flexibility index (Phi) is 16.6. The van der Waals surface area contributed by atoms with E-state index in [0.29, 0.717) is 41.0 Å². The normalized spacial score (nSPS) is 16.9. The highest BCUT2D eigenvalue weighted by Crippen LogP contribution is 2.40. The number of allylic oxidation sites excluding steroid dienone is 12. The Morgan fingerprint density at radius 2 is 1.52 bits per heavy atom. The van der Waals surface area contributed by atoms with Crippen molar-refractivity contribution < 1.29 is 0 Å². The van der Waals surface area contributed by atoms with Crippen molar-refractivity contribution in [2.24, 2.45) is 28.5 Å². The van der Waals surface area contributed by atoms with Gasteiger partial charge in [0.05, 0.1) is 11.2 Å². The molecular weight excluding hydrogens is 863 g/mol. The van der Waals surface area contributed by atoms with Gasteiger partial charge in [0.2, 0.25) is 0 Å². The number of nitrogens with zero attached hydrogens (tertiary/aromatic N) is 4. The second kappa shape index (κ2) is 23.5. The first-order valence-corrected chi connectivity index (χ1v) is 25.9. The van der Waals surface area contributed by atoms with Gasteiger partial charge >= 0.3 is 0 Å². The Hall–Kier alpha value is -7.37. The van der Waals surface area contributed by atoms with Crippen molar-refractivity contribution in [3.05, 3.63) is 237 Å². The summed E-state index contributed by atoms with van der Waals surface area (Å²) < 4.78 is 4.92. The quantitative estimate of drug-likeness (QED) is 0.0373. The maximum Gasteiger partial charge on any atom is 0.130 e. The monoisotopic (exact) mass is 936 g/mol.